The van der Waals surface area contributed by atoms with Gasteiger partial charge in [0.05, 0.1) is 16.9 Å². The standard InChI is InChI=1S/C14H12N4O2S/c1-9-6-17-14(21-9)8-16-12-2-3-13(18(19)20)10-4-5-15-7-11(10)12/h2-7,16H,8H2,1H3. The van der Waals surface area contributed by atoms with Gasteiger partial charge in [0.1, 0.15) is 5.01 Å². The van der Waals surface area contributed by atoms with Gasteiger partial charge < -0.3 is 5.32 Å². The van der Waals surface area contributed by atoms with E-state index in [1.807, 2.05) is 13.1 Å². The number of pyridine rings is 1. The molecule has 0 amide bonds. The number of non-ortho nitro benzene ring substituents is 1. The normalized spacial score (nSPS) is 10.7. The quantitative estimate of drug-likeness (QED) is 0.589. The zero-order valence-corrected chi connectivity index (χ0v) is 12.1. The highest BCUT2D eigenvalue weighted by atomic mass is 32.1. The van der Waals surface area contributed by atoms with Crippen molar-refractivity contribution in [3.05, 3.63) is 56.8 Å². The number of aromatic nitrogens is 2. The average molecular weight is 300 g/mol. The monoisotopic (exact) mass is 300 g/mol. The van der Waals surface area contributed by atoms with Crippen LogP contribution in [0.25, 0.3) is 10.8 Å². The fourth-order valence-corrected chi connectivity index (χ4v) is 2.87. The van der Waals surface area contributed by atoms with Crippen LogP contribution in [0.4, 0.5) is 11.4 Å². The fraction of sp³-hybridized carbons (Fsp3) is 0.143. The number of nitrogens with zero attached hydrogens (tertiary/aromatic N) is 3. The number of nitrogens with one attached hydrogen (secondary N) is 1. The smallest absolute Gasteiger partial charge is 0.277 e. The summed E-state index contributed by atoms with van der Waals surface area (Å²) in [6, 6.07) is 4.88. The maximum absolute atomic E-state index is 11.1. The van der Waals surface area contributed by atoms with Crippen LogP contribution in [-0.2, 0) is 6.54 Å². The van der Waals surface area contributed by atoms with Gasteiger partial charge >= 0.3 is 0 Å². The summed E-state index contributed by atoms with van der Waals surface area (Å²) in [7, 11) is 0. The maximum Gasteiger partial charge on any atom is 0.277 e. The summed E-state index contributed by atoms with van der Waals surface area (Å²) in [6.07, 6.45) is 5.03. The van der Waals surface area contributed by atoms with Gasteiger partial charge in [-0.3, -0.25) is 15.1 Å². The van der Waals surface area contributed by atoms with Crippen molar-refractivity contribution in [3.63, 3.8) is 0 Å². The van der Waals surface area contributed by atoms with E-state index < -0.39 is 0 Å². The summed E-state index contributed by atoms with van der Waals surface area (Å²) in [6.45, 7) is 2.59. The van der Waals surface area contributed by atoms with Crippen molar-refractivity contribution in [2.75, 3.05) is 5.32 Å². The molecule has 0 saturated heterocycles. The van der Waals surface area contributed by atoms with Crippen molar-refractivity contribution in [1.29, 1.82) is 0 Å². The summed E-state index contributed by atoms with van der Waals surface area (Å²) in [4.78, 5) is 20.2. The molecule has 3 aromatic rings. The first-order valence-corrected chi connectivity index (χ1v) is 7.13. The Morgan fingerprint density at radius 2 is 2.14 bits per heavy atom. The maximum atomic E-state index is 11.1. The molecule has 2 aromatic heterocycles. The van der Waals surface area contributed by atoms with Gasteiger partial charge in [-0.05, 0) is 19.1 Å². The van der Waals surface area contributed by atoms with E-state index in [1.165, 1.54) is 6.07 Å². The van der Waals surface area contributed by atoms with E-state index in [0.29, 0.717) is 11.9 Å². The number of rotatable bonds is 4. The third kappa shape index (κ3) is 2.68. The topological polar surface area (TPSA) is 81.0 Å². The summed E-state index contributed by atoms with van der Waals surface area (Å²) < 4.78 is 0. The van der Waals surface area contributed by atoms with Gasteiger partial charge in [0, 0.05) is 40.6 Å². The minimum Gasteiger partial charge on any atom is -0.378 e. The van der Waals surface area contributed by atoms with Gasteiger partial charge in [-0.1, -0.05) is 0 Å². The number of benzene rings is 1. The largest absolute Gasteiger partial charge is 0.378 e. The Morgan fingerprint density at radius 1 is 1.29 bits per heavy atom. The molecule has 0 radical (unpaired) electrons. The highest BCUT2D eigenvalue weighted by Gasteiger charge is 2.14. The molecule has 0 saturated carbocycles. The number of nitro groups is 1. The van der Waals surface area contributed by atoms with E-state index in [4.69, 9.17) is 0 Å². The molecule has 1 N–H and O–H groups in total. The van der Waals surface area contributed by atoms with Crippen LogP contribution in [0.2, 0.25) is 0 Å². The van der Waals surface area contributed by atoms with Crippen molar-refractivity contribution >= 4 is 33.5 Å². The molecule has 3 rings (SSSR count). The minimum atomic E-state index is -0.379. The van der Waals surface area contributed by atoms with E-state index >= 15 is 0 Å². The van der Waals surface area contributed by atoms with Crippen molar-refractivity contribution in [2.24, 2.45) is 0 Å². The number of aryl methyl sites for hydroxylation is 1. The van der Waals surface area contributed by atoms with Gasteiger partial charge in [-0.25, -0.2) is 4.98 Å². The number of thiazole rings is 1. The second-order valence-electron chi connectivity index (χ2n) is 4.53. The third-order valence-corrected chi connectivity index (χ3v) is 4.00. The lowest BCUT2D eigenvalue weighted by molar-refractivity contribution is -0.383. The number of fused-ring (bicyclic) bond motifs is 1. The molecule has 0 unspecified atom stereocenters. The van der Waals surface area contributed by atoms with Crippen LogP contribution in [0.15, 0.2) is 36.8 Å². The Balaban J connectivity index is 1.96. The number of hydrogen-bond acceptors (Lipinski definition) is 6. The Bertz CT molecular complexity index is 816. The lowest BCUT2D eigenvalue weighted by Gasteiger charge is -2.08. The highest BCUT2D eigenvalue weighted by molar-refractivity contribution is 7.11. The minimum absolute atomic E-state index is 0.0862. The second-order valence-corrected chi connectivity index (χ2v) is 5.85. The molecule has 1 aromatic carbocycles. The summed E-state index contributed by atoms with van der Waals surface area (Å²) in [5.74, 6) is 0. The van der Waals surface area contributed by atoms with Crippen LogP contribution < -0.4 is 5.32 Å². The Hall–Kier alpha value is -2.54. The summed E-state index contributed by atoms with van der Waals surface area (Å²) >= 11 is 1.62. The third-order valence-electron chi connectivity index (χ3n) is 3.09. The summed E-state index contributed by atoms with van der Waals surface area (Å²) in [5.41, 5.74) is 0.902. The number of nitro benzene ring substituents is 1. The number of hydrogen-bond donors (Lipinski definition) is 1. The van der Waals surface area contributed by atoms with E-state index in [2.05, 4.69) is 15.3 Å². The van der Waals surface area contributed by atoms with Crippen LogP contribution in [0, 0.1) is 17.0 Å². The lowest BCUT2D eigenvalue weighted by atomic mass is 10.1. The van der Waals surface area contributed by atoms with Crippen molar-refractivity contribution in [2.45, 2.75) is 13.5 Å². The Kier molecular flexibility index (Phi) is 3.49. The fourth-order valence-electron chi connectivity index (χ4n) is 2.14. The molecular weight excluding hydrogens is 288 g/mol. The molecule has 21 heavy (non-hydrogen) atoms. The van der Waals surface area contributed by atoms with Gasteiger partial charge in [0.2, 0.25) is 0 Å². The molecular formula is C14H12N4O2S. The van der Waals surface area contributed by atoms with E-state index in [0.717, 1.165) is 21.0 Å². The Morgan fingerprint density at radius 3 is 2.86 bits per heavy atom. The molecule has 0 aliphatic carbocycles. The molecule has 106 valence electrons. The van der Waals surface area contributed by atoms with Gasteiger partial charge in [0.15, 0.2) is 0 Å². The first kappa shape index (κ1) is 13.4. The molecule has 0 bridgehead atoms. The van der Waals surface area contributed by atoms with E-state index in [-0.39, 0.29) is 10.6 Å². The lowest BCUT2D eigenvalue weighted by Crippen LogP contribution is -2.00. The number of anilines is 1. The van der Waals surface area contributed by atoms with E-state index in [1.54, 1.807) is 35.9 Å². The van der Waals surface area contributed by atoms with Crippen LogP contribution in [0.1, 0.15) is 9.88 Å². The highest BCUT2D eigenvalue weighted by Crippen LogP contribution is 2.31. The molecule has 0 aliphatic rings. The summed E-state index contributed by atoms with van der Waals surface area (Å²) in [5, 5.41) is 16.6. The van der Waals surface area contributed by atoms with Crippen molar-refractivity contribution in [1.82, 2.24) is 9.97 Å². The first-order valence-electron chi connectivity index (χ1n) is 6.31. The van der Waals surface area contributed by atoms with Gasteiger partial charge in [-0.2, -0.15) is 0 Å². The molecule has 6 nitrogen and oxygen atoms in total. The Labute approximate surface area is 124 Å². The van der Waals surface area contributed by atoms with E-state index in [9.17, 15) is 10.1 Å². The molecule has 0 spiro atoms. The average Bonchev–Trinajstić information content (AvgIpc) is 2.90. The SMILES string of the molecule is Cc1cnc(CNc2ccc([N+](=O)[O-])c3ccncc23)s1. The van der Waals surface area contributed by atoms with Crippen molar-refractivity contribution in [3.8, 4) is 0 Å². The van der Waals surface area contributed by atoms with Crippen LogP contribution in [0.3, 0.4) is 0 Å². The molecule has 0 aliphatic heterocycles. The predicted octanol–water partition coefficient (Wildman–Crippen LogP) is 3.52. The van der Waals surface area contributed by atoms with Crippen LogP contribution in [0.5, 0.6) is 0 Å². The molecule has 2 heterocycles. The van der Waals surface area contributed by atoms with Crippen LogP contribution in [-0.4, -0.2) is 14.9 Å². The zero-order valence-electron chi connectivity index (χ0n) is 11.2. The van der Waals surface area contributed by atoms with Crippen molar-refractivity contribution < 1.29 is 4.92 Å². The van der Waals surface area contributed by atoms with Gasteiger partial charge in [-0.15, -0.1) is 11.3 Å². The van der Waals surface area contributed by atoms with Gasteiger partial charge in [0.25, 0.3) is 5.69 Å². The zero-order chi connectivity index (χ0) is 14.8. The predicted molar refractivity (Wildman–Crippen MR) is 82.6 cm³/mol. The molecule has 0 fully saturated rings. The van der Waals surface area contributed by atoms with Crippen LogP contribution >= 0.6 is 11.3 Å². The second kappa shape index (κ2) is 5.45. The molecule has 7 heteroatoms. The first-order chi connectivity index (χ1) is 10.1. The molecule has 0 atom stereocenters.